The summed E-state index contributed by atoms with van der Waals surface area (Å²) in [5, 5.41) is 12.5. The molecule has 0 unspecified atom stereocenters. The summed E-state index contributed by atoms with van der Waals surface area (Å²) >= 11 is 0. The summed E-state index contributed by atoms with van der Waals surface area (Å²) in [7, 11) is -3.26. The van der Waals surface area contributed by atoms with Crippen LogP contribution in [0.25, 0.3) is 11.1 Å². The standard InChI is InChI=1S/C19H24N2O4S/c1-3-18(22)15-9-7-14(8-10-15)16-5-4-6-17(13-16)19(23)20-11-12-21-26(2,24)25/h4-10,13,18,21-22H,3,11-12H2,1-2H3,(H,20,23)/t18-/m0/s1. The molecule has 0 saturated carbocycles. The second kappa shape index (κ2) is 8.93. The van der Waals surface area contributed by atoms with Gasteiger partial charge < -0.3 is 10.4 Å². The molecule has 0 fully saturated rings. The number of hydrogen-bond acceptors (Lipinski definition) is 4. The normalized spacial score (nSPS) is 12.6. The Morgan fingerprint density at radius 2 is 1.77 bits per heavy atom. The number of aliphatic hydroxyl groups is 1. The van der Waals surface area contributed by atoms with Crippen molar-refractivity contribution in [3.63, 3.8) is 0 Å². The largest absolute Gasteiger partial charge is 0.388 e. The van der Waals surface area contributed by atoms with Crippen LogP contribution in [-0.2, 0) is 10.0 Å². The van der Waals surface area contributed by atoms with E-state index in [4.69, 9.17) is 0 Å². The average molecular weight is 376 g/mol. The van der Waals surface area contributed by atoms with E-state index in [-0.39, 0.29) is 19.0 Å². The van der Waals surface area contributed by atoms with Gasteiger partial charge in [-0.2, -0.15) is 0 Å². The van der Waals surface area contributed by atoms with Crippen LogP contribution in [0.5, 0.6) is 0 Å². The van der Waals surface area contributed by atoms with Gasteiger partial charge in [0.1, 0.15) is 0 Å². The summed E-state index contributed by atoms with van der Waals surface area (Å²) < 4.78 is 24.3. The van der Waals surface area contributed by atoms with E-state index in [9.17, 15) is 18.3 Å². The summed E-state index contributed by atoms with van der Waals surface area (Å²) in [5.74, 6) is -0.264. The number of nitrogens with one attached hydrogen (secondary N) is 2. The molecule has 1 amide bonds. The van der Waals surface area contributed by atoms with Gasteiger partial charge in [-0.1, -0.05) is 43.3 Å². The van der Waals surface area contributed by atoms with Gasteiger partial charge in [-0.05, 0) is 35.2 Å². The van der Waals surface area contributed by atoms with Crippen LogP contribution in [0.15, 0.2) is 48.5 Å². The first kappa shape index (κ1) is 20.1. The van der Waals surface area contributed by atoms with Crippen LogP contribution in [0.4, 0.5) is 0 Å². The molecule has 3 N–H and O–H groups in total. The topological polar surface area (TPSA) is 95.5 Å². The maximum atomic E-state index is 12.2. The van der Waals surface area contributed by atoms with Crippen LogP contribution in [0.3, 0.4) is 0 Å². The molecule has 0 aromatic heterocycles. The lowest BCUT2D eigenvalue weighted by Gasteiger charge is -2.10. The predicted molar refractivity (Wildman–Crippen MR) is 102 cm³/mol. The van der Waals surface area contributed by atoms with Gasteiger partial charge in [0.25, 0.3) is 5.91 Å². The summed E-state index contributed by atoms with van der Waals surface area (Å²) in [4.78, 5) is 12.2. The molecule has 140 valence electrons. The van der Waals surface area contributed by atoms with E-state index in [0.29, 0.717) is 12.0 Å². The van der Waals surface area contributed by atoms with Gasteiger partial charge in [0.15, 0.2) is 0 Å². The zero-order valence-electron chi connectivity index (χ0n) is 14.9. The molecule has 1 atom stereocenters. The average Bonchev–Trinajstić information content (AvgIpc) is 2.64. The number of rotatable bonds is 8. The molecule has 0 aliphatic heterocycles. The number of amides is 1. The van der Waals surface area contributed by atoms with Crippen molar-refractivity contribution in [2.24, 2.45) is 0 Å². The van der Waals surface area contributed by atoms with Crippen molar-refractivity contribution in [2.75, 3.05) is 19.3 Å². The lowest BCUT2D eigenvalue weighted by molar-refractivity contribution is 0.0954. The quantitative estimate of drug-likeness (QED) is 0.615. The Bertz CT molecular complexity index is 848. The Hall–Kier alpha value is -2.22. The highest BCUT2D eigenvalue weighted by molar-refractivity contribution is 7.88. The van der Waals surface area contributed by atoms with E-state index in [0.717, 1.165) is 22.9 Å². The molecule has 2 rings (SSSR count). The molecule has 7 heteroatoms. The molecular weight excluding hydrogens is 352 g/mol. The number of hydrogen-bond donors (Lipinski definition) is 3. The van der Waals surface area contributed by atoms with Crippen molar-refractivity contribution >= 4 is 15.9 Å². The first-order valence-electron chi connectivity index (χ1n) is 8.41. The van der Waals surface area contributed by atoms with Crippen LogP contribution in [-0.4, -0.2) is 38.8 Å². The third kappa shape index (κ3) is 5.94. The SMILES string of the molecule is CC[C@H](O)c1ccc(-c2cccc(C(=O)NCCNS(C)(=O)=O)c2)cc1. The summed E-state index contributed by atoms with van der Waals surface area (Å²) in [5.41, 5.74) is 3.21. The second-order valence-corrected chi connectivity index (χ2v) is 7.88. The van der Waals surface area contributed by atoms with Gasteiger partial charge in [0, 0.05) is 18.7 Å². The van der Waals surface area contributed by atoms with Crippen molar-refractivity contribution in [3.05, 3.63) is 59.7 Å². The third-order valence-corrected chi connectivity index (χ3v) is 4.64. The van der Waals surface area contributed by atoms with E-state index in [2.05, 4.69) is 10.0 Å². The van der Waals surface area contributed by atoms with Gasteiger partial charge >= 0.3 is 0 Å². The molecule has 0 aliphatic rings. The smallest absolute Gasteiger partial charge is 0.251 e. The van der Waals surface area contributed by atoms with Crippen molar-refractivity contribution < 1.29 is 18.3 Å². The van der Waals surface area contributed by atoms with Gasteiger partial charge in [0.2, 0.25) is 10.0 Å². The van der Waals surface area contributed by atoms with Crippen LogP contribution < -0.4 is 10.0 Å². The summed E-state index contributed by atoms with van der Waals surface area (Å²) in [6, 6.07) is 14.8. The number of carbonyl (C=O) groups is 1. The molecule has 2 aromatic carbocycles. The number of aliphatic hydroxyl groups excluding tert-OH is 1. The van der Waals surface area contributed by atoms with Crippen LogP contribution >= 0.6 is 0 Å². The highest BCUT2D eigenvalue weighted by Gasteiger charge is 2.09. The number of carbonyl (C=O) groups excluding carboxylic acids is 1. The second-order valence-electron chi connectivity index (χ2n) is 6.05. The third-order valence-electron chi connectivity index (χ3n) is 3.92. The number of sulfonamides is 1. The molecule has 0 radical (unpaired) electrons. The minimum atomic E-state index is -3.26. The lowest BCUT2D eigenvalue weighted by Crippen LogP contribution is -2.34. The molecule has 0 heterocycles. The maximum absolute atomic E-state index is 12.2. The van der Waals surface area contributed by atoms with Crippen LogP contribution in [0.2, 0.25) is 0 Å². The first-order valence-corrected chi connectivity index (χ1v) is 10.3. The zero-order valence-corrected chi connectivity index (χ0v) is 15.7. The van der Waals surface area contributed by atoms with E-state index < -0.39 is 16.1 Å². The molecule has 26 heavy (non-hydrogen) atoms. The molecule has 0 spiro atoms. The number of benzene rings is 2. The summed E-state index contributed by atoms with van der Waals surface area (Å²) in [6.07, 6.45) is 1.26. The Balaban J connectivity index is 2.04. The molecule has 0 saturated heterocycles. The molecular formula is C19H24N2O4S. The van der Waals surface area contributed by atoms with Crippen molar-refractivity contribution in [1.29, 1.82) is 0 Å². The van der Waals surface area contributed by atoms with Crippen molar-refractivity contribution in [3.8, 4) is 11.1 Å². The molecule has 0 bridgehead atoms. The van der Waals surface area contributed by atoms with Crippen molar-refractivity contribution in [1.82, 2.24) is 10.0 Å². The Morgan fingerprint density at radius 1 is 1.08 bits per heavy atom. The van der Waals surface area contributed by atoms with Gasteiger partial charge in [-0.15, -0.1) is 0 Å². The Labute approximate surface area is 154 Å². The highest BCUT2D eigenvalue weighted by Crippen LogP contribution is 2.24. The van der Waals surface area contributed by atoms with Gasteiger partial charge in [-0.25, -0.2) is 13.1 Å². The highest BCUT2D eigenvalue weighted by atomic mass is 32.2. The lowest BCUT2D eigenvalue weighted by atomic mass is 9.99. The van der Waals surface area contributed by atoms with E-state index in [1.807, 2.05) is 37.3 Å². The fourth-order valence-corrected chi connectivity index (χ4v) is 2.96. The van der Waals surface area contributed by atoms with Gasteiger partial charge in [0.05, 0.1) is 12.4 Å². The summed E-state index contributed by atoms with van der Waals surface area (Å²) in [6.45, 7) is 2.28. The van der Waals surface area contributed by atoms with E-state index in [1.54, 1.807) is 18.2 Å². The van der Waals surface area contributed by atoms with Gasteiger partial charge in [-0.3, -0.25) is 4.79 Å². The van der Waals surface area contributed by atoms with Crippen LogP contribution in [0, 0.1) is 0 Å². The molecule has 2 aromatic rings. The minimum absolute atomic E-state index is 0.144. The van der Waals surface area contributed by atoms with E-state index >= 15 is 0 Å². The first-order chi connectivity index (χ1) is 12.3. The fourth-order valence-electron chi connectivity index (χ4n) is 2.49. The van der Waals surface area contributed by atoms with Crippen molar-refractivity contribution in [2.45, 2.75) is 19.4 Å². The van der Waals surface area contributed by atoms with Crippen LogP contribution in [0.1, 0.15) is 35.4 Å². The molecule has 0 aliphatic carbocycles. The zero-order chi connectivity index (χ0) is 19.2. The molecule has 6 nitrogen and oxygen atoms in total. The predicted octanol–water partition coefficient (Wildman–Crippen LogP) is 2.08. The van der Waals surface area contributed by atoms with E-state index in [1.165, 1.54) is 0 Å². The maximum Gasteiger partial charge on any atom is 0.251 e. The Morgan fingerprint density at radius 3 is 2.38 bits per heavy atom. The fraction of sp³-hybridized carbons (Fsp3) is 0.316. The Kier molecular flexibility index (Phi) is 6.90. The monoisotopic (exact) mass is 376 g/mol. The minimum Gasteiger partial charge on any atom is -0.388 e.